The van der Waals surface area contributed by atoms with Crippen LogP contribution in [0.1, 0.15) is 49.8 Å². The molecule has 8 heteroatoms. The van der Waals surface area contributed by atoms with Crippen molar-refractivity contribution in [2.75, 3.05) is 6.61 Å². The van der Waals surface area contributed by atoms with Gasteiger partial charge in [0, 0.05) is 17.5 Å². The Bertz CT molecular complexity index is 1540. The van der Waals surface area contributed by atoms with Crippen LogP contribution < -0.4 is 5.32 Å². The number of amides is 1. The number of fused-ring (bicyclic) bond motifs is 4. The summed E-state index contributed by atoms with van der Waals surface area (Å²) in [7, 11) is 0. The maximum atomic E-state index is 12.7. The van der Waals surface area contributed by atoms with E-state index in [0.717, 1.165) is 33.2 Å². The number of carbonyl (C=O) groups is 3. The first-order valence-electron chi connectivity index (χ1n) is 13.3. The summed E-state index contributed by atoms with van der Waals surface area (Å²) in [6.45, 7) is 5.51. The first-order valence-corrected chi connectivity index (χ1v) is 13.3. The summed E-state index contributed by atoms with van der Waals surface area (Å²) in [5.41, 5.74) is 5.29. The summed E-state index contributed by atoms with van der Waals surface area (Å²) in [4.78, 5) is 37.3. The van der Waals surface area contributed by atoms with Gasteiger partial charge in [-0.2, -0.15) is 0 Å². The van der Waals surface area contributed by atoms with E-state index in [2.05, 4.69) is 17.4 Å². The van der Waals surface area contributed by atoms with Gasteiger partial charge in [-0.25, -0.2) is 14.4 Å². The topological polar surface area (TPSA) is 107 Å². The van der Waals surface area contributed by atoms with Crippen molar-refractivity contribution in [3.63, 3.8) is 0 Å². The number of aliphatic carboxylic acids is 1. The molecule has 1 amide bonds. The minimum atomic E-state index is -1.15. The zero-order valence-electron chi connectivity index (χ0n) is 22.7. The van der Waals surface area contributed by atoms with Crippen LogP contribution in [0.15, 0.2) is 79.0 Å². The zero-order valence-corrected chi connectivity index (χ0v) is 22.7. The number of aromatic nitrogens is 1. The van der Waals surface area contributed by atoms with Gasteiger partial charge in [-0.05, 0) is 73.6 Å². The van der Waals surface area contributed by atoms with Crippen molar-refractivity contribution in [1.82, 2.24) is 9.88 Å². The van der Waals surface area contributed by atoms with E-state index in [1.165, 1.54) is 4.57 Å². The summed E-state index contributed by atoms with van der Waals surface area (Å²) in [5, 5.41) is 13.1. The van der Waals surface area contributed by atoms with Crippen LogP contribution in [0.2, 0.25) is 0 Å². The van der Waals surface area contributed by atoms with Crippen molar-refractivity contribution >= 4 is 29.1 Å². The number of carboxylic acids is 1. The fraction of sp³-hybridized carbons (Fsp3) is 0.281. The molecule has 1 atom stereocenters. The van der Waals surface area contributed by atoms with Crippen LogP contribution in [0, 0.1) is 0 Å². The van der Waals surface area contributed by atoms with Crippen molar-refractivity contribution in [3.8, 4) is 11.1 Å². The average molecular weight is 541 g/mol. The molecule has 5 rings (SSSR count). The third-order valence-corrected chi connectivity index (χ3v) is 7.05. The lowest BCUT2D eigenvalue weighted by atomic mass is 9.98. The molecule has 0 bridgehead atoms. The van der Waals surface area contributed by atoms with E-state index in [0.29, 0.717) is 11.9 Å². The molecule has 0 saturated carbocycles. The Morgan fingerprint density at radius 1 is 0.925 bits per heavy atom. The molecule has 0 radical (unpaired) electrons. The quantitative estimate of drug-likeness (QED) is 0.283. The van der Waals surface area contributed by atoms with Gasteiger partial charge in [0.1, 0.15) is 18.2 Å². The number of nitrogens with one attached hydrogen (secondary N) is 1. The summed E-state index contributed by atoms with van der Waals surface area (Å²) in [6.07, 6.45) is 0.904. The van der Waals surface area contributed by atoms with Gasteiger partial charge >= 0.3 is 18.2 Å². The molecular formula is C32H32N2O6. The molecule has 40 heavy (non-hydrogen) atoms. The van der Waals surface area contributed by atoms with Crippen LogP contribution in [0.25, 0.3) is 22.0 Å². The lowest BCUT2D eigenvalue weighted by molar-refractivity contribution is -0.139. The van der Waals surface area contributed by atoms with E-state index in [-0.39, 0.29) is 18.9 Å². The Kier molecular flexibility index (Phi) is 7.34. The Labute approximate surface area is 232 Å². The van der Waals surface area contributed by atoms with E-state index < -0.39 is 29.8 Å². The molecule has 8 nitrogen and oxygen atoms in total. The molecule has 4 aromatic rings. The number of hydrogen-bond acceptors (Lipinski definition) is 5. The lowest BCUT2D eigenvalue weighted by Crippen LogP contribution is -2.41. The largest absolute Gasteiger partial charge is 0.480 e. The number of hydrogen-bond donors (Lipinski definition) is 2. The molecule has 206 valence electrons. The zero-order chi connectivity index (χ0) is 28.4. The SMILES string of the molecule is CC(C)(C)OC(=O)n1ccc2c(CC[C@H](NC(=O)OCC3c4ccccc4-c4ccccc43)C(=O)O)cccc21. The number of carboxylic acid groups (broad SMARTS) is 1. The van der Waals surface area contributed by atoms with Crippen LogP contribution in [0.3, 0.4) is 0 Å². The van der Waals surface area contributed by atoms with E-state index in [1.54, 1.807) is 27.0 Å². The molecule has 3 aromatic carbocycles. The average Bonchev–Trinajstić information content (AvgIpc) is 3.49. The van der Waals surface area contributed by atoms with Gasteiger partial charge in [-0.1, -0.05) is 60.7 Å². The van der Waals surface area contributed by atoms with Gasteiger partial charge in [0.05, 0.1) is 5.52 Å². The predicted octanol–water partition coefficient (Wildman–Crippen LogP) is 6.35. The molecule has 1 aliphatic rings. The second kappa shape index (κ2) is 10.9. The molecule has 0 saturated heterocycles. The molecule has 1 aromatic heterocycles. The van der Waals surface area contributed by atoms with Gasteiger partial charge < -0.3 is 19.9 Å². The second-order valence-corrected chi connectivity index (χ2v) is 10.9. The fourth-order valence-corrected chi connectivity index (χ4v) is 5.26. The number of carbonyl (C=O) groups excluding carboxylic acids is 2. The second-order valence-electron chi connectivity index (χ2n) is 10.9. The summed E-state index contributed by atoms with van der Waals surface area (Å²) in [5.74, 6) is -1.26. The maximum Gasteiger partial charge on any atom is 0.418 e. The first kappa shape index (κ1) is 27.0. The normalized spacial score (nSPS) is 13.4. The highest BCUT2D eigenvalue weighted by molar-refractivity contribution is 5.91. The van der Waals surface area contributed by atoms with E-state index in [9.17, 15) is 19.5 Å². The van der Waals surface area contributed by atoms with E-state index >= 15 is 0 Å². The summed E-state index contributed by atoms with van der Waals surface area (Å²) in [6, 6.07) is 22.2. The van der Waals surface area contributed by atoms with E-state index in [1.807, 2.05) is 60.7 Å². The molecule has 0 spiro atoms. The van der Waals surface area contributed by atoms with Crippen molar-refractivity contribution in [1.29, 1.82) is 0 Å². The van der Waals surface area contributed by atoms with Gasteiger partial charge in [-0.3, -0.25) is 4.57 Å². The molecule has 1 heterocycles. The standard InChI is InChI=1S/C32H32N2O6/c1-32(2,3)40-31(38)34-18-17-21-20(9-8-14-28(21)34)15-16-27(29(35)36)33-30(37)39-19-26-24-12-6-4-10-22(24)23-11-5-7-13-25(23)26/h4-14,17-18,26-27H,15-16,19H2,1-3H3,(H,33,37)(H,35,36)/t27-/m0/s1. The third kappa shape index (κ3) is 5.57. The minimum Gasteiger partial charge on any atom is -0.480 e. The maximum absolute atomic E-state index is 12.7. The molecule has 2 N–H and O–H groups in total. The van der Waals surface area contributed by atoms with Gasteiger partial charge in [0.2, 0.25) is 0 Å². The van der Waals surface area contributed by atoms with Gasteiger partial charge in [0.25, 0.3) is 0 Å². The molecular weight excluding hydrogens is 508 g/mol. The van der Waals surface area contributed by atoms with Gasteiger partial charge in [0.15, 0.2) is 0 Å². The van der Waals surface area contributed by atoms with Crippen molar-refractivity contribution in [2.45, 2.75) is 51.2 Å². The summed E-state index contributed by atoms with van der Waals surface area (Å²) < 4.78 is 12.5. The lowest BCUT2D eigenvalue weighted by Gasteiger charge is -2.20. The van der Waals surface area contributed by atoms with Crippen molar-refractivity contribution in [3.05, 3.63) is 95.7 Å². The third-order valence-electron chi connectivity index (χ3n) is 7.05. The van der Waals surface area contributed by atoms with E-state index in [4.69, 9.17) is 9.47 Å². The van der Waals surface area contributed by atoms with Crippen LogP contribution in [-0.4, -0.2) is 46.1 Å². The minimum absolute atomic E-state index is 0.101. The number of aryl methyl sites for hydroxylation is 1. The number of nitrogens with zero attached hydrogens (tertiary/aromatic N) is 1. The highest BCUT2D eigenvalue weighted by Crippen LogP contribution is 2.44. The van der Waals surface area contributed by atoms with Crippen LogP contribution in [0.4, 0.5) is 9.59 Å². The number of benzene rings is 3. The molecule has 0 unspecified atom stereocenters. The van der Waals surface area contributed by atoms with Crippen LogP contribution in [-0.2, 0) is 20.7 Å². The number of alkyl carbamates (subject to hydrolysis) is 1. The Morgan fingerprint density at radius 3 is 2.20 bits per heavy atom. The van der Waals surface area contributed by atoms with Crippen LogP contribution in [0.5, 0.6) is 0 Å². The number of rotatable bonds is 7. The molecule has 0 fully saturated rings. The van der Waals surface area contributed by atoms with Crippen LogP contribution >= 0.6 is 0 Å². The van der Waals surface area contributed by atoms with Crippen molar-refractivity contribution < 1.29 is 29.0 Å². The monoisotopic (exact) mass is 540 g/mol. The fourth-order valence-electron chi connectivity index (χ4n) is 5.26. The molecule has 1 aliphatic carbocycles. The van der Waals surface area contributed by atoms with Gasteiger partial charge in [-0.15, -0.1) is 0 Å². The Balaban J connectivity index is 1.23. The highest BCUT2D eigenvalue weighted by Gasteiger charge is 2.30. The smallest absolute Gasteiger partial charge is 0.418 e. The highest BCUT2D eigenvalue weighted by atomic mass is 16.6. The Morgan fingerprint density at radius 2 is 1.57 bits per heavy atom. The van der Waals surface area contributed by atoms with Crippen molar-refractivity contribution in [2.24, 2.45) is 0 Å². The predicted molar refractivity (Wildman–Crippen MR) is 152 cm³/mol. The molecule has 0 aliphatic heterocycles. The Hall–Kier alpha value is -4.59. The summed E-state index contributed by atoms with van der Waals surface area (Å²) >= 11 is 0. The first-order chi connectivity index (χ1) is 19.1. The number of ether oxygens (including phenoxy) is 2.